The van der Waals surface area contributed by atoms with Crippen LogP contribution >= 0.6 is 0 Å². The van der Waals surface area contributed by atoms with Gasteiger partial charge in [-0.25, -0.2) is 4.68 Å². The van der Waals surface area contributed by atoms with Crippen LogP contribution in [-0.4, -0.2) is 26.8 Å². The van der Waals surface area contributed by atoms with Crippen molar-refractivity contribution in [2.45, 2.75) is 26.4 Å². The normalized spacial score (nSPS) is 12.7. The average molecular weight is 281 g/mol. The van der Waals surface area contributed by atoms with Gasteiger partial charge >= 0.3 is 0 Å². The van der Waals surface area contributed by atoms with Crippen molar-refractivity contribution in [2.24, 2.45) is 0 Å². The molecule has 0 saturated carbocycles. The van der Waals surface area contributed by atoms with Gasteiger partial charge in [0.25, 0.3) is 0 Å². The summed E-state index contributed by atoms with van der Waals surface area (Å²) in [7, 11) is 0. The minimum Gasteiger partial charge on any atom is -0.308 e. The second kappa shape index (κ2) is 6.01. The minimum atomic E-state index is 0.139. The SMILES string of the molecule is CCNC(C)c1nnnn1Cc1cccc2ccccc12. The van der Waals surface area contributed by atoms with E-state index in [2.05, 4.69) is 77.2 Å². The zero-order chi connectivity index (χ0) is 14.7. The molecule has 5 heteroatoms. The lowest BCUT2D eigenvalue weighted by Crippen LogP contribution is -2.22. The Kier molecular flexibility index (Phi) is 3.92. The van der Waals surface area contributed by atoms with Gasteiger partial charge in [0.1, 0.15) is 0 Å². The van der Waals surface area contributed by atoms with Crippen LogP contribution in [0.25, 0.3) is 10.8 Å². The summed E-state index contributed by atoms with van der Waals surface area (Å²) in [6.07, 6.45) is 0. The van der Waals surface area contributed by atoms with Gasteiger partial charge in [0.05, 0.1) is 12.6 Å². The smallest absolute Gasteiger partial charge is 0.168 e. The molecule has 21 heavy (non-hydrogen) atoms. The van der Waals surface area contributed by atoms with Gasteiger partial charge < -0.3 is 5.32 Å². The molecule has 3 rings (SSSR count). The fourth-order valence-corrected chi connectivity index (χ4v) is 2.62. The van der Waals surface area contributed by atoms with Gasteiger partial charge in [-0.3, -0.25) is 0 Å². The third kappa shape index (κ3) is 2.78. The Bertz CT molecular complexity index is 729. The summed E-state index contributed by atoms with van der Waals surface area (Å²) in [6.45, 7) is 5.73. The fourth-order valence-electron chi connectivity index (χ4n) is 2.62. The average Bonchev–Trinajstić information content (AvgIpc) is 2.96. The molecule has 5 nitrogen and oxygen atoms in total. The Labute approximate surface area is 124 Å². The van der Waals surface area contributed by atoms with Crippen LogP contribution < -0.4 is 5.32 Å². The molecule has 1 aromatic heterocycles. The van der Waals surface area contributed by atoms with E-state index in [0.717, 1.165) is 12.4 Å². The van der Waals surface area contributed by atoms with Gasteiger partial charge in [-0.2, -0.15) is 0 Å². The molecule has 0 radical (unpaired) electrons. The summed E-state index contributed by atoms with van der Waals surface area (Å²) in [6, 6.07) is 14.9. The first-order chi connectivity index (χ1) is 10.3. The van der Waals surface area contributed by atoms with Crippen LogP contribution in [0.5, 0.6) is 0 Å². The summed E-state index contributed by atoms with van der Waals surface area (Å²) < 4.78 is 1.87. The van der Waals surface area contributed by atoms with E-state index in [1.54, 1.807) is 0 Å². The van der Waals surface area contributed by atoms with E-state index < -0.39 is 0 Å². The lowest BCUT2D eigenvalue weighted by Gasteiger charge is -2.13. The van der Waals surface area contributed by atoms with Gasteiger partial charge in [0.15, 0.2) is 5.82 Å². The highest BCUT2D eigenvalue weighted by Crippen LogP contribution is 2.20. The number of rotatable bonds is 5. The minimum absolute atomic E-state index is 0.139. The van der Waals surface area contributed by atoms with Crippen LogP contribution in [0.1, 0.15) is 31.3 Å². The number of tetrazole rings is 1. The molecular weight excluding hydrogens is 262 g/mol. The standard InChI is InChI=1S/C16H19N5/c1-3-17-12(2)16-18-19-20-21(16)11-14-9-6-8-13-7-4-5-10-15(13)14/h4-10,12,17H,3,11H2,1-2H3. The number of benzene rings is 2. The first-order valence-electron chi connectivity index (χ1n) is 7.25. The molecule has 0 aliphatic heterocycles. The van der Waals surface area contributed by atoms with Crippen molar-refractivity contribution in [1.82, 2.24) is 25.5 Å². The van der Waals surface area contributed by atoms with Crippen molar-refractivity contribution in [2.75, 3.05) is 6.54 Å². The summed E-state index contributed by atoms with van der Waals surface area (Å²) in [5.41, 5.74) is 1.23. The van der Waals surface area contributed by atoms with E-state index in [1.165, 1.54) is 16.3 Å². The largest absolute Gasteiger partial charge is 0.308 e. The molecule has 3 aromatic rings. The van der Waals surface area contributed by atoms with Gasteiger partial charge in [-0.1, -0.05) is 49.4 Å². The summed E-state index contributed by atoms with van der Waals surface area (Å²) in [5.74, 6) is 0.866. The van der Waals surface area contributed by atoms with E-state index >= 15 is 0 Å². The highest BCUT2D eigenvalue weighted by atomic mass is 15.5. The number of aromatic nitrogens is 4. The Morgan fingerprint density at radius 3 is 2.81 bits per heavy atom. The number of fused-ring (bicyclic) bond motifs is 1. The van der Waals surface area contributed by atoms with Crippen molar-refractivity contribution < 1.29 is 0 Å². The quantitative estimate of drug-likeness (QED) is 0.781. The summed E-state index contributed by atoms with van der Waals surface area (Å²) in [5, 5.41) is 17.9. The van der Waals surface area contributed by atoms with Crippen molar-refractivity contribution in [1.29, 1.82) is 0 Å². The van der Waals surface area contributed by atoms with Crippen molar-refractivity contribution in [3.05, 3.63) is 53.9 Å². The number of nitrogens with one attached hydrogen (secondary N) is 1. The van der Waals surface area contributed by atoms with E-state index in [-0.39, 0.29) is 6.04 Å². The molecular formula is C16H19N5. The van der Waals surface area contributed by atoms with Crippen LogP contribution in [0.15, 0.2) is 42.5 Å². The summed E-state index contributed by atoms with van der Waals surface area (Å²) >= 11 is 0. The predicted molar refractivity (Wildman–Crippen MR) is 83.0 cm³/mol. The maximum absolute atomic E-state index is 4.15. The maximum atomic E-state index is 4.15. The second-order valence-corrected chi connectivity index (χ2v) is 5.11. The molecule has 0 fully saturated rings. The molecule has 0 bridgehead atoms. The Morgan fingerprint density at radius 2 is 1.95 bits per heavy atom. The molecule has 1 atom stereocenters. The van der Waals surface area contributed by atoms with Crippen LogP contribution in [0.2, 0.25) is 0 Å². The third-order valence-corrected chi connectivity index (χ3v) is 3.66. The molecule has 0 saturated heterocycles. The monoisotopic (exact) mass is 281 g/mol. The van der Waals surface area contributed by atoms with Gasteiger partial charge in [-0.05, 0) is 40.2 Å². The molecule has 2 aromatic carbocycles. The topological polar surface area (TPSA) is 55.6 Å². The van der Waals surface area contributed by atoms with E-state index in [9.17, 15) is 0 Å². The molecule has 1 heterocycles. The van der Waals surface area contributed by atoms with Crippen LogP contribution in [0, 0.1) is 0 Å². The molecule has 108 valence electrons. The van der Waals surface area contributed by atoms with Crippen molar-refractivity contribution in [3.63, 3.8) is 0 Å². The highest BCUT2D eigenvalue weighted by molar-refractivity contribution is 5.85. The van der Waals surface area contributed by atoms with Crippen LogP contribution in [0.4, 0.5) is 0 Å². The predicted octanol–water partition coefficient (Wildman–Crippen LogP) is 2.55. The van der Waals surface area contributed by atoms with Crippen molar-refractivity contribution >= 4 is 10.8 Å². The number of hydrogen-bond acceptors (Lipinski definition) is 4. The molecule has 0 spiro atoms. The fraction of sp³-hybridized carbons (Fsp3) is 0.312. The Balaban J connectivity index is 1.94. The zero-order valence-electron chi connectivity index (χ0n) is 12.3. The Hall–Kier alpha value is -2.27. The molecule has 0 aliphatic rings. The highest BCUT2D eigenvalue weighted by Gasteiger charge is 2.14. The molecule has 1 N–H and O–H groups in total. The van der Waals surface area contributed by atoms with Gasteiger partial charge in [0.2, 0.25) is 0 Å². The lowest BCUT2D eigenvalue weighted by atomic mass is 10.0. The third-order valence-electron chi connectivity index (χ3n) is 3.66. The number of hydrogen-bond donors (Lipinski definition) is 1. The maximum Gasteiger partial charge on any atom is 0.168 e. The van der Waals surface area contributed by atoms with E-state index in [0.29, 0.717) is 6.54 Å². The summed E-state index contributed by atoms with van der Waals surface area (Å²) in [4.78, 5) is 0. The zero-order valence-corrected chi connectivity index (χ0v) is 12.3. The number of nitrogens with zero attached hydrogens (tertiary/aromatic N) is 4. The van der Waals surface area contributed by atoms with Crippen LogP contribution in [-0.2, 0) is 6.54 Å². The van der Waals surface area contributed by atoms with Gasteiger partial charge in [-0.15, -0.1) is 5.10 Å². The van der Waals surface area contributed by atoms with Gasteiger partial charge in [0, 0.05) is 0 Å². The molecule has 0 amide bonds. The Morgan fingerprint density at radius 1 is 1.14 bits per heavy atom. The molecule has 0 aliphatic carbocycles. The lowest BCUT2D eigenvalue weighted by molar-refractivity contribution is 0.517. The molecule has 1 unspecified atom stereocenters. The first-order valence-corrected chi connectivity index (χ1v) is 7.25. The first kappa shape index (κ1) is 13.7. The van der Waals surface area contributed by atoms with E-state index in [4.69, 9.17) is 0 Å². The second-order valence-electron chi connectivity index (χ2n) is 5.11. The van der Waals surface area contributed by atoms with Crippen molar-refractivity contribution in [3.8, 4) is 0 Å². The van der Waals surface area contributed by atoms with E-state index in [1.807, 2.05) is 4.68 Å². The van der Waals surface area contributed by atoms with Crippen LogP contribution in [0.3, 0.4) is 0 Å².